The molecule has 0 radical (unpaired) electrons. The molecule has 2 aliphatic rings. The van der Waals surface area contributed by atoms with Crippen LogP contribution in [0.2, 0.25) is 0 Å². The lowest BCUT2D eigenvalue weighted by Crippen LogP contribution is -2.61. The molecule has 0 spiro atoms. The first-order valence-corrected chi connectivity index (χ1v) is 13.0. The number of benzene rings is 2. The summed E-state index contributed by atoms with van der Waals surface area (Å²) in [6, 6.07) is 8.96. The molecule has 1 saturated carbocycles. The molecule has 1 aliphatic carbocycles. The van der Waals surface area contributed by atoms with Gasteiger partial charge in [0.2, 0.25) is 17.8 Å². The summed E-state index contributed by atoms with van der Waals surface area (Å²) in [4.78, 5) is 24.8. The van der Waals surface area contributed by atoms with E-state index in [0.717, 1.165) is 12.5 Å². The number of hydrogen-bond donors (Lipinski definition) is 6. The smallest absolute Gasteiger partial charge is 0.335 e. The maximum absolute atomic E-state index is 13.2. The molecule has 5 rings (SSSR count). The zero-order chi connectivity index (χ0) is 29.5. The molecule has 0 unspecified atom stereocenters. The van der Waals surface area contributed by atoms with E-state index in [2.05, 4.69) is 0 Å². The Morgan fingerprint density at radius 2 is 1.68 bits per heavy atom. The van der Waals surface area contributed by atoms with E-state index in [1.807, 2.05) is 0 Å². The molecule has 6 N–H and O–H groups in total. The quantitative estimate of drug-likeness (QED) is 0.221. The van der Waals surface area contributed by atoms with Crippen molar-refractivity contribution < 1.29 is 58.8 Å². The Kier molecular flexibility index (Phi) is 7.81. The fourth-order valence-electron chi connectivity index (χ4n) is 5.02. The first-order valence-electron chi connectivity index (χ1n) is 13.0. The molecule has 1 aromatic heterocycles. The standard InChI is InChI=1S/C28H30O13/c1-37-14-7-5-13(6-8-14)16-11-15(29)19-17(38-16)12-18(24(20(19)30)41-28(36)9-3-2-4-10-28)39-27-23(33)21(31)22(32)25(40-27)26(34)35/h5-8,11-12,21-23,25,27,30-33,36H,2-4,9-10H2,1H3,(H,34,35)/t21-,22+,23-,25+,27+/m1/s1. The lowest BCUT2D eigenvalue weighted by atomic mass is 9.94. The van der Waals surface area contributed by atoms with Gasteiger partial charge in [0.15, 0.2) is 23.0 Å². The Hall–Kier alpha value is -3.88. The van der Waals surface area contributed by atoms with Crippen LogP contribution in [0.4, 0.5) is 0 Å². The van der Waals surface area contributed by atoms with E-state index in [4.69, 9.17) is 23.4 Å². The number of aromatic hydroxyl groups is 1. The molecule has 0 amide bonds. The summed E-state index contributed by atoms with van der Waals surface area (Å²) in [6.07, 6.45) is -7.15. The first kappa shape index (κ1) is 28.6. The van der Waals surface area contributed by atoms with Gasteiger partial charge in [-0.3, -0.25) is 4.79 Å². The molecule has 220 valence electrons. The van der Waals surface area contributed by atoms with Crippen molar-refractivity contribution in [3.63, 3.8) is 0 Å². The van der Waals surface area contributed by atoms with Gasteiger partial charge in [0.25, 0.3) is 0 Å². The highest BCUT2D eigenvalue weighted by Gasteiger charge is 2.48. The molecule has 13 nitrogen and oxygen atoms in total. The van der Waals surface area contributed by atoms with Crippen molar-refractivity contribution in [2.45, 2.75) is 68.6 Å². The van der Waals surface area contributed by atoms with Crippen molar-refractivity contribution in [2.75, 3.05) is 7.11 Å². The minimum absolute atomic E-state index is 0.133. The number of phenols is 1. The summed E-state index contributed by atoms with van der Waals surface area (Å²) in [5.74, 6) is -4.24. The number of phenolic OH excluding ortho intramolecular Hbond substituents is 1. The van der Waals surface area contributed by atoms with Crippen molar-refractivity contribution in [1.29, 1.82) is 0 Å². The monoisotopic (exact) mass is 574 g/mol. The summed E-state index contributed by atoms with van der Waals surface area (Å²) >= 11 is 0. The van der Waals surface area contributed by atoms with Crippen LogP contribution in [0.5, 0.6) is 23.0 Å². The number of hydrogen-bond acceptors (Lipinski definition) is 12. The number of ether oxygens (including phenoxy) is 4. The van der Waals surface area contributed by atoms with Gasteiger partial charge in [-0.2, -0.15) is 0 Å². The average molecular weight is 575 g/mol. The van der Waals surface area contributed by atoms with Crippen LogP contribution >= 0.6 is 0 Å². The molecule has 41 heavy (non-hydrogen) atoms. The second kappa shape index (κ2) is 11.2. The van der Waals surface area contributed by atoms with Crippen LogP contribution in [0.25, 0.3) is 22.3 Å². The molecule has 1 aliphatic heterocycles. The summed E-state index contributed by atoms with van der Waals surface area (Å²) in [5, 5.41) is 62.2. The number of fused-ring (bicyclic) bond motifs is 1. The van der Waals surface area contributed by atoms with Gasteiger partial charge in [0, 0.05) is 30.5 Å². The van der Waals surface area contributed by atoms with Crippen LogP contribution in [0.15, 0.2) is 45.6 Å². The predicted molar refractivity (Wildman–Crippen MR) is 140 cm³/mol. The van der Waals surface area contributed by atoms with Gasteiger partial charge in [-0.25, -0.2) is 4.79 Å². The third-order valence-corrected chi connectivity index (χ3v) is 7.27. The minimum Gasteiger partial charge on any atom is -0.504 e. The number of carboxylic acids is 1. The van der Waals surface area contributed by atoms with Gasteiger partial charge in [0.1, 0.15) is 40.8 Å². The van der Waals surface area contributed by atoms with E-state index >= 15 is 0 Å². The summed E-state index contributed by atoms with van der Waals surface area (Å²) in [5.41, 5.74) is -0.296. The van der Waals surface area contributed by atoms with Crippen molar-refractivity contribution in [1.82, 2.24) is 0 Å². The van der Waals surface area contributed by atoms with Crippen LogP contribution < -0.4 is 19.6 Å². The van der Waals surface area contributed by atoms with Crippen molar-refractivity contribution in [3.05, 3.63) is 46.6 Å². The lowest BCUT2D eigenvalue weighted by Gasteiger charge is -2.39. The van der Waals surface area contributed by atoms with E-state index in [1.54, 1.807) is 24.3 Å². The largest absolute Gasteiger partial charge is 0.504 e. The highest BCUT2D eigenvalue weighted by molar-refractivity contribution is 5.89. The number of carbonyl (C=O) groups is 1. The van der Waals surface area contributed by atoms with Crippen molar-refractivity contribution in [3.8, 4) is 34.3 Å². The SMILES string of the molecule is COc1ccc(-c2cc(=O)c3c(O)c(OC4(O)CCCCC4)c(O[C@H]4O[C@H](C(=O)O)[C@@H](O)[C@@H](O)[C@H]4O)cc3o2)cc1. The van der Waals surface area contributed by atoms with E-state index in [9.17, 15) is 40.2 Å². The van der Waals surface area contributed by atoms with E-state index < -0.39 is 59.4 Å². The molecular formula is C28H30O13. The fourth-order valence-corrected chi connectivity index (χ4v) is 5.02. The molecule has 2 heterocycles. The third-order valence-electron chi connectivity index (χ3n) is 7.27. The number of aliphatic hydroxyl groups is 4. The Morgan fingerprint density at radius 1 is 1.00 bits per heavy atom. The maximum atomic E-state index is 13.2. The fraction of sp³-hybridized carbons (Fsp3) is 0.429. The average Bonchev–Trinajstić information content (AvgIpc) is 2.95. The first-order chi connectivity index (χ1) is 19.5. The van der Waals surface area contributed by atoms with E-state index in [-0.39, 0.29) is 35.3 Å². The van der Waals surface area contributed by atoms with Gasteiger partial charge >= 0.3 is 5.97 Å². The Labute approximate surface area is 232 Å². The lowest BCUT2D eigenvalue weighted by molar-refractivity contribution is -0.271. The van der Waals surface area contributed by atoms with Crippen LogP contribution in [0.1, 0.15) is 32.1 Å². The topological polar surface area (TPSA) is 206 Å². The van der Waals surface area contributed by atoms with Gasteiger partial charge < -0.3 is 54.0 Å². The van der Waals surface area contributed by atoms with Crippen molar-refractivity contribution >= 4 is 16.9 Å². The molecule has 3 aromatic rings. The van der Waals surface area contributed by atoms with Gasteiger partial charge in [-0.15, -0.1) is 0 Å². The zero-order valence-corrected chi connectivity index (χ0v) is 21.9. The predicted octanol–water partition coefficient (Wildman–Crippen LogP) is 1.48. The molecule has 2 aromatic carbocycles. The highest BCUT2D eigenvalue weighted by Crippen LogP contribution is 2.46. The second-order valence-electron chi connectivity index (χ2n) is 10.1. The van der Waals surface area contributed by atoms with Crippen LogP contribution in [-0.2, 0) is 9.53 Å². The molecule has 2 fully saturated rings. The number of aliphatic hydroxyl groups excluding tert-OH is 3. The molecule has 13 heteroatoms. The number of methoxy groups -OCH3 is 1. The molecule has 5 atom stereocenters. The summed E-state index contributed by atoms with van der Waals surface area (Å²) < 4.78 is 27.8. The summed E-state index contributed by atoms with van der Waals surface area (Å²) in [7, 11) is 1.50. The highest BCUT2D eigenvalue weighted by atomic mass is 16.7. The Bertz CT molecular complexity index is 1480. The van der Waals surface area contributed by atoms with Crippen LogP contribution in [0, 0.1) is 0 Å². The normalized spacial score (nSPS) is 25.9. The van der Waals surface area contributed by atoms with Crippen molar-refractivity contribution in [2.24, 2.45) is 0 Å². The minimum atomic E-state index is -1.96. The maximum Gasteiger partial charge on any atom is 0.335 e. The van der Waals surface area contributed by atoms with Crippen LogP contribution in [0.3, 0.4) is 0 Å². The van der Waals surface area contributed by atoms with Gasteiger partial charge in [0.05, 0.1) is 7.11 Å². The molecule has 0 bridgehead atoms. The third kappa shape index (κ3) is 5.54. The Balaban J connectivity index is 1.62. The van der Waals surface area contributed by atoms with Gasteiger partial charge in [-0.05, 0) is 37.1 Å². The second-order valence-corrected chi connectivity index (χ2v) is 10.1. The Morgan fingerprint density at radius 3 is 2.32 bits per heavy atom. The zero-order valence-electron chi connectivity index (χ0n) is 21.9. The van der Waals surface area contributed by atoms with Crippen LogP contribution in [-0.4, -0.2) is 80.2 Å². The van der Waals surface area contributed by atoms with E-state index in [0.29, 0.717) is 24.2 Å². The molecular weight excluding hydrogens is 544 g/mol. The number of aliphatic carboxylic acids is 1. The van der Waals surface area contributed by atoms with E-state index in [1.165, 1.54) is 13.2 Å². The molecule has 1 saturated heterocycles. The van der Waals surface area contributed by atoms with Gasteiger partial charge in [-0.1, -0.05) is 6.42 Å². The number of carboxylic acid groups (broad SMARTS) is 1. The summed E-state index contributed by atoms with van der Waals surface area (Å²) in [6.45, 7) is 0. The number of rotatable bonds is 7.